The standard InChI is InChI=1S/C24H23N5O5S/c1-16(30)17-6-5-7-18(14-17)35(32,33)29-12-10-28(11-13-29)23-22(19(15-25)24(31)34-2)26-20-8-3-4-9-21(20)27-23/h3-9,14,19H,10-13H2,1-2H3. The van der Waals surface area contributed by atoms with Gasteiger partial charge in [-0.05, 0) is 31.2 Å². The van der Waals surface area contributed by atoms with Crippen molar-refractivity contribution in [1.29, 1.82) is 5.26 Å². The first-order chi connectivity index (χ1) is 16.8. The predicted molar refractivity (Wildman–Crippen MR) is 127 cm³/mol. The van der Waals surface area contributed by atoms with Crippen molar-refractivity contribution in [3.63, 3.8) is 0 Å². The van der Waals surface area contributed by atoms with Crippen molar-refractivity contribution in [2.45, 2.75) is 17.7 Å². The molecule has 10 nitrogen and oxygen atoms in total. The quantitative estimate of drug-likeness (QED) is 0.374. The average molecular weight is 494 g/mol. The highest BCUT2D eigenvalue weighted by Gasteiger charge is 2.33. The summed E-state index contributed by atoms with van der Waals surface area (Å²) in [5.74, 6) is -1.89. The van der Waals surface area contributed by atoms with Gasteiger partial charge in [0.05, 0.1) is 29.1 Å². The Morgan fingerprint density at radius 2 is 1.69 bits per heavy atom. The summed E-state index contributed by atoms with van der Waals surface area (Å²) in [6.07, 6.45) is 0. The highest BCUT2D eigenvalue weighted by Crippen LogP contribution is 2.29. The lowest BCUT2D eigenvalue weighted by molar-refractivity contribution is -0.141. The molecule has 0 N–H and O–H groups in total. The van der Waals surface area contributed by atoms with Gasteiger partial charge >= 0.3 is 5.97 Å². The van der Waals surface area contributed by atoms with Gasteiger partial charge in [0, 0.05) is 31.7 Å². The number of Topliss-reactive ketones (excluding diaryl/α,β-unsaturated/α-hetero) is 1. The number of sulfonamides is 1. The normalized spacial score (nSPS) is 15.4. The first-order valence-corrected chi connectivity index (χ1v) is 12.3. The van der Waals surface area contributed by atoms with Crippen molar-refractivity contribution in [1.82, 2.24) is 14.3 Å². The minimum atomic E-state index is -3.81. The smallest absolute Gasteiger partial charge is 0.329 e. The van der Waals surface area contributed by atoms with E-state index in [4.69, 9.17) is 4.74 Å². The van der Waals surface area contributed by atoms with Crippen LogP contribution in [0.3, 0.4) is 0 Å². The molecule has 35 heavy (non-hydrogen) atoms. The van der Waals surface area contributed by atoms with Crippen LogP contribution in [0.2, 0.25) is 0 Å². The lowest BCUT2D eigenvalue weighted by Crippen LogP contribution is -2.49. The monoisotopic (exact) mass is 493 g/mol. The minimum Gasteiger partial charge on any atom is -0.468 e. The molecule has 1 saturated heterocycles. The van der Waals surface area contributed by atoms with Crippen LogP contribution in [0.1, 0.15) is 28.9 Å². The minimum absolute atomic E-state index is 0.0556. The molecular weight excluding hydrogens is 470 g/mol. The van der Waals surface area contributed by atoms with E-state index in [1.54, 1.807) is 30.3 Å². The molecule has 2 aromatic carbocycles. The van der Waals surface area contributed by atoms with Gasteiger partial charge in [-0.1, -0.05) is 24.3 Å². The van der Waals surface area contributed by atoms with E-state index < -0.39 is 21.9 Å². The van der Waals surface area contributed by atoms with Crippen LogP contribution in [0.5, 0.6) is 0 Å². The lowest BCUT2D eigenvalue weighted by atomic mass is 10.1. The van der Waals surface area contributed by atoms with Gasteiger partial charge in [0.15, 0.2) is 17.5 Å². The molecule has 1 aliphatic rings. The number of nitrogens with zero attached hydrogens (tertiary/aromatic N) is 5. The Labute approximate surface area is 202 Å². The molecule has 1 atom stereocenters. The molecule has 0 aliphatic carbocycles. The maximum Gasteiger partial charge on any atom is 0.329 e. The Bertz CT molecular complexity index is 1440. The second kappa shape index (κ2) is 9.77. The van der Waals surface area contributed by atoms with Crippen LogP contribution in [0.4, 0.5) is 5.82 Å². The number of hydrogen-bond acceptors (Lipinski definition) is 9. The second-order valence-corrected chi connectivity index (χ2v) is 9.92. The number of rotatable bonds is 6. The Hall–Kier alpha value is -3.88. The third-order valence-corrected chi connectivity index (χ3v) is 7.73. The predicted octanol–water partition coefficient (Wildman–Crippen LogP) is 2.12. The maximum atomic E-state index is 13.2. The van der Waals surface area contributed by atoms with Crippen molar-refractivity contribution in [2.24, 2.45) is 0 Å². The molecule has 0 spiro atoms. The average Bonchev–Trinajstić information content (AvgIpc) is 2.88. The van der Waals surface area contributed by atoms with Crippen LogP contribution in [0, 0.1) is 11.3 Å². The summed E-state index contributed by atoms with van der Waals surface area (Å²) in [4.78, 5) is 35.1. The van der Waals surface area contributed by atoms with E-state index in [0.717, 1.165) is 0 Å². The summed E-state index contributed by atoms with van der Waals surface area (Å²) in [7, 11) is -2.61. The molecule has 0 saturated carbocycles. The van der Waals surface area contributed by atoms with Gasteiger partial charge in [-0.2, -0.15) is 9.57 Å². The van der Waals surface area contributed by atoms with E-state index >= 15 is 0 Å². The third-order valence-electron chi connectivity index (χ3n) is 5.83. The summed E-state index contributed by atoms with van der Waals surface area (Å²) in [5, 5.41) is 9.66. The maximum absolute atomic E-state index is 13.2. The Morgan fingerprint density at radius 3 is 2.29 bits per heavy atom. The molecule has 1 unspecified atom stereocenters. The molecule has 0 amide bonds. The van der Waals surface area contributed by atoms with Crippen molar-refractivity contribution in [3.05, 3.63) is 59.8 Å². The fourth-order valence-corrected chi connectivity index (χ4v) is 5.41. The van der Waals surface area contributed by atoms with Crippen molar-refractivity contribution in [3.8, 4) is 6.07 Å². The SMILES string of the molecule is COC(=O)C(C#N)c1nc2ccccc2nc1N1CCN(S(=O)(=O)c2cccc(C(C)=O)c2)CC1. The summed E-state index contributed by atoms with van der Waals surface area (Å²) >= 11 is 0. The van der Waals surface area contributed by atoms with E-state index in [9.17, 15) is 23.3 Å². The molecule has 2 heterocycles. The number of ether oxygens (including phenoxy) is 1. The highest BCUT2D eigenvalue weighted by atomic mass is 32.2. The van der Waals surface area contributed by atoms with Gasteiger partial charge in [-0.15, -0.1) is 0 Å². The summed E-state index contributed by atoms with van der Waals surface area (Å²) < 4.78 is 32.5. The Morgan fingerprint density at radius 1 is 1.03 bits per heavy atom. The first-order valence-electron chi connectivity index (χ1n) is 10.9. The lowest BCUT2D eigenvalue weighted by Gasteiger charge is -2.35. The van der Waals surface area contributed by atoms with Gasteiger partial charge < -0.3 is 9.64 Å². The molecule has 1 aliphatic heterocycles. The molecule has 11 heteroatoms. The van der Waals surface area contributed by atoms with Crippen LogP contribution in [-0.4, -0.2) is 67.7 Å². The molecule has 3 aromatic rings. The van der Waals surface area contributed by atoms with Crippen molar-refractivity contribution >= 4 is 38.6 Å². The number of anilines is 1. The number of carbonyl (C=O) groups is 2. The van der Waals surface area contributed by atoms with Gasteiger partial charge in [0.2, 0.25) is 10.0 Å². The van der Waals surface area contributed by atoms with E-state index in [-0.39, 0.29) is 42.6 Å². The number of aromatic nitrogens is 2. The van der Waals surface area contributed by atoms with E-state index in [1.807, 2.05) is 17.0 Å². The molecule has 0 radical (unpaired) electrons. The van der Waals surface area contributed by atoms with Crippen LogP contribution in [-0.2, 0) is 19.6 Å². The molecule has 0 bridgehead atoms. The highest BCUT2D eigenvalue weighted by molar-refractivity contribution is 7.89. The number of piperazine rings is 1. The first kappa shape index (κ1) is 24.3. The molecule has 1 fully saturated rings. The van der Waals surface area contributed by atoms with E-state index in [1.165, 1.54) is 30.5 Å². The molecule has 1 aromatic heterocycles. The third kappa shape index (κ3) is 4.71. The number of esters is 1. The zero-order valence-electron chi connectivity index (χ0n) is 19.2. The number of ketones is 1. The van der Waals surface area contributed by atoms with Crippen molar-refractivity contribution < 1.29 is 22.7 Å². The van der Waals surface area contributed by atoms with Gasteiger partial charge in [0.25, 0.3) is 0 Å². The topological polar surface area (TPSA) is 134 Å². The van der Waals surface area contributed by atoms with Crippen LogP contribution in [0.15, 0.2) is 53.4 Å². The molecular formula is C24H23N5O5S. The van der Waals surface area contributed by atoms with Gasteiger partial charge in [-0.25, -0.2) is 18.4 Å². The van der Waals surface area contributed by atoms with E-state index in [2.05, 4.69) is 9.97 Å². The zero-order valence-corrected chi connectivity index (χ0v) is 20.0. The molecule has 180 valence electrons. The number of nitriles is 1. The van der Waals surface area contributed by atoms with Crippen LogP contribution >= 0.6 is 0 Å². The number of carbonyl (C=O) groups excluding carboxylic acids is 2. The fourth-order valence-electron chi connectivity index (χ4n) is 3.94. The number of benzene rings is 2. The fraction of sp³-hybridized carbons (Fsp3) is 0.292. The van der Waals surface area contributed by atoms with Gasteiger partial charge in [-0.3, -0.25) is 9.59 Å². The molecule has 4 rings (SSSR count). The Kier molecular flexibility index (Phi) is 6.77. The van der Waals surface area contributed by atoms with E-state index in [0.29, 0.717) is 22.4 Å². The summed E-state index contributed by atoms with van der Waals surface area (Å²) in [6, 6.07) is 15.0. The van der Waals surface area contributed by atoms with Crippen LogP contribution < -0.4 is 4.90 Å². The van der Waals surface area contributed by atoms with Gasteiger partial charge in [0.1, 0.15) is 5.69 Å². The number of para-hydroxylation sites is 2. The largest absolute Gasteiger partial charge is 0.468 e. The zero-order chi connectivity index (χ0) is 25.2. The number of methoxy groups -OCH3 is 1. The van der Waals surface area contributed by atoms with Crippen molar-refractivity contribution in [2.75, 3.05) is 38.2 Å². The Balaban J connectivity index is 1.64. The number of hydrogen-bond donors (Lipinski definition) is 0. The summed E-state index contributed by atoms with van der Waals surface area (Å²) in [6.45, 7) is 2.22. The second-order valence-electron chi connectivity index (χ2n) is 7.98. The van der Waals surface area contributed by atoms with Crippen LogP contribution in [0.25, 0.3) is 11.0 Å². The number of fused-ring (bicyclic) bond motifs is 1. The summed E-state index contributed by atoms with van der Waals surface area (Å²) in [5.41, 5.74) is 1.61.